The summed E-state index contributed by atoms with van der Waals surface area (Å²) in [5, 5.41) is 8.96. The summed E-state index contributed by atoms with van der Waals surface area (Å²) in [6, 6.07) is 18.6. The van der Waals surface area contributed by atoms with Crippen LogP contribution in [-0.4, -0.2) is 25.0 Å². The summed E-state index contributed by atoms with van der Waals surface area (Å²) in [5.74, 6) is -0.531. The Morgan fingerprint density at radius 1 is 1.06 bits per heavy atom. The Bertz CT molecular complexity index is 1090. The van der Waals surface area contributed by atoms with E-state index in [1.165, 1.54) is 11.2 Å². The third kappa shape index (κ3) is 5.99. The van der Waals surface area contributed by atoms with Crippen LogP contribution in [0.2, 0.25) is 0 Å². The first kappa shape index (κ1) is 22.6. The van der Waals surface area contributed by atoms with Gasteiger partial charge in [-0.15, -0.1) is 0 Å². The lowest BCUT2D eigenvalue weighted by Crippen LogP contribution is -2.35. The highest BCUT2D eigenvalue weighted by atomic mass is 16.5. The van der Waals surface area contributed by atoms with Crippen LogP contribution >= 0.6 is 0 Å². The van der Waals surface area contributed by atoms with Crippen molar-refractivity contribution in [2.45, 2.75) is 26.9 Å². The van der Waals surface area contributed by atoms with Gasteiger partial charge in [0.25, 0.3) is 5.91 Å². The fourth-order valence-electron chi connectivity index (χ4n) is 3.24. The predicted octanol–water partition coefficient (Wildman–Crippen LogP) is 4.58. The summed E-state index contributed by atoms with van der Waals surface area (Å²) < 4.78 is 16.1. The van der Waals surface area contributed by atoms with Crippen LogP contribution in [0.25, 0.3) is 0 Å². The molecule has 0 bridgehead atoms. The second-order valence-electron chi connectivity index (χ2n) is 7.25. The van der Waals surface area contributed by atoms with Gasteiger partial charge in [0.05, 0.1) is 18.8 Å². The molecule has 0 saturated carbocycles. The molecule has 164 valence electrons. The number of esters is 1. The first-order valence-electron chi connectivity index (χ1n) is 10.1. The number of rotatable bonds is 9. The third-order valence-electron chi connectivity index (χ3n) is 4.66. The maximum atomic E-state index is 12.8. The van der Waals surface area contributed by atoms with Gasteiger partial charge in [-0.25, -0.2) is 4.79 Å². The smallest absolute Gasteiger partial charge is 0.375 e. The Morgan fingerprint density at radius 3 is 2.47 bits per heavy atom. The molecule has 2 aromatic carbocycles. The van der Waals surface area contributed by atoms with E-state index in [0.29, 0.717) is 17.0 Å². The molecule has 0 aliphatic rings. The molecule has 0 unspecified atom stereocenters. The number of hydrogen-bond acceptors (Lipinski definition) is 6. The van der Waals surface area contributed by atoms with E-state index < -0.39 is 18.5 Å². The van der Waals surface area contributed by atoms with Gasteiger partial charge in [-0.2, -0.15) is 5.26 Å². The van der Waals surface area contributed by atoms with E-state index in [9.17, 15) is 9.59 Å². The van der Waals surface area contributed by atoms with Gasteiger partial charge in [-0.05, 0) is 55.3 Å². The molecule has 1 amide bonds. The zero-order chi connectivity index (χ0) is 22.9. The van der Waals surface area contributed by atoms with Gasteiger partial charge >= 0.3 is 5.97 Å². The maximum absolute atomic E-state index is 12.8. The number of carbonyl (C=O) groups excluding carboxylic acids is 2. The molecule has 1 aromatic heterocycles. The van der Waals surface area contributed by atoms with Crippen molar-refractivity contribution in [3.8, 4) is 11.8 Å². The minimum absolute atomic E-state index is 0.0105. The molecule has 3 rings (SSSR count). The first-order valence-corrected chi connectivity index (χ1v) is 10.1. The van der Waals surface area contributed by atoms with E-state index >= 15 is 0 Å². The van der Waals surface area contributed by atoms with E-state index in [0.717, 1.165) is 11.1 Å². The Kier molecular flexibility index (Phi) is 7.65. The molecule has 7 nitrogen and oxygen atoms in total. The van der Waals surface area contributed by atoms with Gasteiger partial charge in [0.1, 0.15) is 12.4 Å². The zero-order valence-corrected chi connectivity index (χ0v) is 18.0. The fraction of sp³-hybridized carbons (Fsp3) is 0.240. The Morgan fingerprint density at radius 2 is 1.78 bits per heavy atom. The van der Waals surface area contributed by atoms with Gasteiger partial charge in [0.2, 0.25) is 5.76 Å². The van der Waals surface area contributed by atoms with Crippen LogP contribution in [0.5, 0.6) is 5.75 Å². The average Bonchev–Trinajstić information content (AvgIpc) is 3.25. The Hall–Kier alpha value is -4.05. The number of aryl methyl sites for hydroxylation is 2. The number of furan rings is 1. The zero-order valence-electron chi connectivity index (χ0n) is 18.0. The molecule has 0 atom stereocenters. The lowest BCUT2D eigenvalue weighted by atomic mass is 10.1. The van der Waals surface area contributed by atoms with Crippen LogP contribution in [0, 0.1) is 25.2 Å². The number of hydrogen-bond donors (Lipinski definition) is 0. The van der Waals surface area contributed by atoms with E-state index in [2.05, 4.69) is 0 Å². The average molecular weight is 432 g/mol. The monoisotopic (exact) mass is 432 g/mol. The van der Waals surface area contributed by atoms with Gasteiger partial charge in [-0.1, -0.05) is 24.3 Å². The molecular formula is C25H24N2O5. The summed E-state index contributed by atoms with van der Waals surface area (Å²) in [4.78, 5) is 26.8. The molecule has 0 aliphatic heterocycles. The molecule has 3 aromatic rings. The van der Waals surface area contributed by atoms with E-state index in [1.54, 1.807) is 18.2 Å². The molecule has 0 spiro atoms. The Balaban J connectivity index is 1.64. The topological polar surface area (TPSA) is 92.8 Å². The number of nitrogens with zero attached hydrogens (tertiary/aromatic N) is 2. The second kappa shape index (κ2) is 10.8. The number of ether oxygens (including phenoxy) is 2. The lowest BCUT2D eigenvalue weighted by molar-refractivity contribution is -0.121. The molecular weight excluding hydrogens is 408 g/mol. The number of anilines is 1. The summed E-state index contributed by atoms with van der Waals surface area (Å²) in [6.45, 7) is 3.71. The second-order valence-corrected chi connectivity index (χ2v) is 7.25. The summed E-state index contributed by atoms with van der Waals surface area (Å²) >= 11 is 0. The van der Waals surface area contributed by atoms with Crippen LogP contribution in [0.4, 0.5) is 5.69 Å². The summed E-state index contributed by atoms with van der Waals surface area (Å²) in [5.41, 5.74) is 3.16. The minimum Gasteiger partial charge on any atom is -0.489 e. The van der Waals surface area contributed by atoms with Crippen molar-refractivity contribution in [2.24, 2.45) is 0 Å². The number of para-hydroxylation sites is 1. The largest absolute Gasteiger partial charge is 0.489 e. The predicted molar refractivity (Wildman–Crippen MR) is 118 cm³/mol. The highest BCUT2D eigenvalue weighted by Gasteiger charge is 2.22. The quantitative estimate of drug-likeness (QED) is 0.460. The Labute approximate surface area is 186 Å². The molecule has 32 heavy (non-hydrogen) atoms. The highest BCUT2D eigenvalue weighted by Crippen LogP contribution is 2.20. The van der Waals surface area contributed by atoms with Crippen molar-refractivity contribution in [2.75, 3.05) is 18.1 Å². The normalized spacial score (nSPS) is 10.3. The van der Waals surface area contributed by atoms with Crippen LogP contribution in [0.15, 0.2) is 65.3 Å². The number of carbonyl (C=O) groups is 2. The van der Waals surface area contributed by atoms with E-state index in [4.69, 9.17) is 19.2 Å². The maximum Gasteiger partial charge on any atom is 0.375 e. The fourth-order valence-corrected chi connectivity index (χ4v) is 3.24. The van der Waals surface area contributed by atoms with Gasteiger partial charge in [-0.3, -0.25) is 4.79 Å². The summed E-state index contributed by atoms with van der Waals surface area (Å²) in [7, 11) is 0. The molecule has 0 saturated heterocycles. The van der Waals surface area contributed by atoms with Crippen LogP contribution in [-0.2, 0) is 16.1 Å². The highest BCUT2D eigenvalue weighted by molar-refractivity contribution is 5.97. The van der Waals surface area contributed by atoms with Gasteiger partial charge in [0, 0.05) is 17.8 Å². The van der Waals surface area contributed by atoms with Gasteiger partial charge < -0.3 is 18.8 Å². The molecule has 0 aliphatic carbocycles. The summed E-state index contributed by atoms with van der Waals surface area (Å²) in [6.07, 6.45) is 1.53. The molecule has 7 heteroatoms. The van der Waals surface area contributed by atoms with Crippen LogP contribution < -0.4 is 9.64 Å². The molecule has 0 fully saturated rings. The number of nitriles is 1. The standard InChI is InChI=1S/C25H24N2O5/c1-18-13-19(2)15-21(14-18)27(11-6-10-26)23(28)17-32-25(29)24-20(9-12-30-24)16-31-22-7-4-3-5-8-22/h3-5,7-9,12-15H,6,11,16-17H2,1-2H3. The SMILES string of the molecule is Cc1cc(C)cc(N(CCC#N)C(=O)COC(=O)c2occc2COc2ccccc2)c1. The van der Waals surface area contributed by atoms with Crippen molar-refractivity contribution >= 4 is 17.6 Å². The van der Waals surface area contributed by atoms with Crippen LogP contribution in [0.3, 0.4) is 0 Å². The minimum atomic E-state index is -0.754. The first-order chi connectivity index (χ1) is 15.5. The third-order valence-corrected chi connectivity index (χ3v) is 4.66. The lowest BCUT2D eigenvalue weighted by Gasteiger charge is -2.22. The van der Waals surface area contributed by atoms with E-state index in [1.807, 2.05) is 56.3 Å². The van der Waals surface area contributed by atoms with Crippen molar-refractivity contribution in [3.63, 3.8) is 0 Å². The van der Waals surface area contributed by atoms with Gasteiger partial charge in [0.15, 0.2) is 6.61 Å². The molecule has 0 radical (unpaired) electrons. The van der Waals surface area contributed by atoms with Crippen LogP contribution in [0.1, 0.15) is 33.7 Å². The van der Waals surface area contributed by atoms with Crippen molar-refractivity contribution < 1.29 is 23.5 Å². The van der Waals surface area contributed by atoms with E-state index in [-0.39, 0.29) is 25.3 Å². The van der Waals surface area contributed by atoms with Crippen molar-refractivity contribution in [3.05, 3.63) is 83.3 Å². The van der Waals surface area contributed by atoms with Crippen molar-refractivity contribution in [1.29, 1.82) is 5.26 Å². The van der Waals surface area contributed by atoms with Crippen molar-refractivity contribution in [1.82, 2.24) is 0 Å². The molecule has 1 heterocycles. The molecule has 0 N–H and O–H groups in total. The number of benzene rings is 2. The number of amides is 1.